The molecule has 0 bridgehead atoms. The SMILES string of the molecule is CCC(=O)/C=C/c1ccc(S(=O)NC)cc1. The van der Waals surface area contributed by atoms with Crippen molar-refractivity contribution in [3.05, 3.63) is 35.9 Å². The van der Waals surface area contributed by atoms with Gasteiger partial charge in [-0.15, -0.1) is 0 Å². The van der Waals surface area contributed by atoms with Crippen LogP contribution in [0.5, 0.6) is 0 Å². The highest BCUT2D eigenvalue weighted by Crippen LogP contribution is 2.08. The highest BCUT2D eigenvalue weighted by atomic mass is 32.2. The van der Waals surface area contributed by atoms with E-state index in [9.17, 15) is 9.00 Å². The van der Waals surface area contributed by atoms with Crippen LogP contribution < -0.4 is 4.72 Å². The minimum Gasteiger partial charge on any atom is -0.295 e. The Morgan fingerprint density at radius 1 is 1.38 bits per heavy atom. The van der Waals surface area contributed by atoms with E-state index in [-0.39, 0.29) is 5.78 Å². The zero-order valence-corrected chi connectivity index (χ0v) is 10.2. The lowest BCUT2D eigenvalue weighted by molar-refractivity contribution is -0.114. The number of carbonyl (C=O) groups is 1. The Morgan fingerprint density at radius 3 is 2.50 bits per heavy atom. The molecule has 0 amide bonds. The van der Waals surface area contributed by atoms with Crippen LogP contribution in [-0.4, -0.2) is 17.0 Å². The van der Waals surface area contributed by atoms with Crippen LogP contribution in [0.15, 0.2) is 35.2 Å². The van der Waals surface area contributed by atoms with Gasteiger partial charge in [-0.1, -0.05) is 25.1 Å². The monoisotopic (exact) mass is 237 g/mol. The second-order valence-electron chi connectivity index (χ2n) is 3.20. The summed E-state index contributed by atoms with van der Waals surface area (Å²) in [5.41, 5.74) is 0.929. The van der Waals surface area contributed by atoms with E-state index in [0.717, 1.165) is 10.5 Å². The number of hydrogen-bond donors (Lipinski definition) is 1. The summed E-state index contributed by atoms with van der Waals surface area (Å²) >= 11 is 0. The van der Waals surface area contributed by atoms with Crippen LogP contribution in [0, 0.1) is 0 Å². The van der Waals surface area contributed by atoms with Gasteiger partial charge < -0.3 is 0 Å². The Hall–Kier alpha value is -1.26. The first-order valence-electron chi connectivity index (χ1n) is 5.07. The Bertz CT molecular complexity index is 410. The number of benzene rings is 1. The van der Waals surface area contributed by atoms with Gasteiger partial charge in [-0.3, -0.25) is 4.79 Å². The molecule has 86 valence electrons. The number of rotatable bonds is 5. The molecule has 1 atom stereocenters. The maximum atomic E-state index is 11.4. The molecule has 3 nitrogen and oxygen atoms in total. The van der Waals surface area contributed by atoms with Crippen molar-refractivity contribution in [3.8, 4) is 0 Å². The zero-order valence-electron chi connectivity index (χ0n) is 9.40. The van der Waals surface area contributed by atoms with Gasteiger partial charge in [-0.25, -0.2) is 8.93 Å². The van der Waals surface area contributed by atoms with Crippen molar-refractivity contribution in [1.29, 1.82) is 0 Å². The summed E-state index contributed by atoms with van der Waals surface area (Å²) in [7, 11) is 0.489. The average Bonchev–Trinajstić information content (AvgIpc) is 2.35. The lowest BCUT2D eigenvalue weighted by atomic mass is 10.2. The Labute approximate surface area is 98.2 Å². The molecule has 0 radical (unpaired) electrons. The third kappa shape index (κ3) is 3.72. The van der Waals surface area contributed by atoms with E-state index >= 15 is 0 Å². The molecule has 0 aromatic heterocycles. The fourth-order valence-corrected chi connectivity index (χ4v) is 1.75. The third-order valence-corrected chi connectivity index (χ3v) is 3.16. The number of ketones is 1. The lowest BCUT2D eigenvalue weighted by Crippen LogP contribution is -2.10. The minimum atomic E-state index is -1.15. The quantitative estimate of drug-likeness (QED) is 0.795. The van der Waals surface area contributed by atoms with Gasteiger partial charge in [0.05, 0.1) is 4.90 Å². The number of carbonyl (C=O) groups excluding carboxylic acids is 1. The molecule has 4 heteroatoms. The molecular formula is C12H15NO2S. The summed E-state index contributed by atoms with van der Waals surface area (Å²) in [4.78, 5) is 11.8. The molecule has 0 fully saturated rings. The molecule has 1 rings (SSSR count). The first kappa shape index (κ1) is 12.8. The van der Waals surface area contributed by atoms with Crippen molar-refractivity contribution < 1.29 is 9.00 Å². The molecule has 16 heavy (non-hydrogen) atoms. The number of allylic oxidation sites excluding steroid dienone is 1. The van der Waals surface area contributed by atoms with Crippen LogP contribution in [0.25, 0.3) is 6.08 Å². The van der Waals surface area contributed by atoms with Crippen molar-refractivity contribution in [2.24, 2.45) is 0 Å². The van der Waals surface area contributed by atoms with Gasteiger partial charge in [0.2, 0.25) is 0 Å². The second kappa shape index (κ2) is 6.35. The van der Waals surface area contributed by atoms with E-state index < -0.39 is 11.0 Å². The molecule has 0 saturated carbocycles. The molecule has 1 N–H and O–H groups in total. The Kier molecular flexibility index (Phi) is 5.08. The summed E-state index contributed by atoms with van der Waals surface area (Å²) in [6.07, 6.45) is 3.83. The van der Waals surface area contributed by atoms with E-state index in [4.69, 9.17) is 0 Å². The molecular weight excluding hydrogens is 222 g/mol. The van der Waals surface area contributed by atoms with E-state index in [2.05, 4.69) is 4.72 Å². The fourth-order valence-electron chi connectivity index (χ4n) is 1.13. The van der Waals surface area contributed by atoms with E-state index in [1.807, 2.05) is 19.1 Å². The molecule has 1 aromatic carbocycles. The van der Waals surface area contributed by atoms with Crippen LogP contribution in [0.3, 0.4) is 0 Å². The average molecular weight is 237 g/mol. The molecule has 0 aliphatic carbocycles. The van der Waals surface area contributed by atoms with Crippen LogP contribution in [0.1, 0.15) is 18.9 Å². The van der Waals surface area contributed by atoms with E-state index in [1.165, 1.54) is 0 Å². The van der Waals surface area contributed by atoms with E-state index in [0.29, 0.717) is 6.42 Å². The standard InChI is InChI=1S/C12H15NO2S/c1-3-11(14)7-4-10-5-8-12(9-6-10)16(15)13-2/h4-9,13H,3H2,1-2H3/b7-4+. The molecule has 1 unspecified atom stereocenters. The Morgan fingerprint density at radius 2 is 2.00 bits per heavy atom. The van der Waals surface area contributed by atoms with Crippen molar-refractivity contribution in [2.45, 2.75) is 18.2 Å². The van der Waals surface area contributed by atoms with Crippen LogP contribution in [0.4, 0.5) is 0 Å². The predicted octanol–water partition coefficient (Wildman–Crippen LogP) is 1.92. The summed E-state index contributed by atoms with van der Waals surface area (Å²) in [6, 6.07) is 7.24. The zero-order chi connectivity index (χ0) is 12.0. The molecule has 1 aromatic rings. The van der Waals surface area contributed by atoms with Gasteiger partial charge in [0.15, 0.2) is 5.78 Å². The van der Waals surface area contributed by atoms with Crippen molar-refractivity contribution in [2.75, 3.05) is 7.05 Å². The van der Waals surface area contributed by atoms with Gasteiger partial charge >= 0.3 is 0 Å². The van der Waals surface area contributed by atoms with Gasteiger partial charge in [0.1, 0.15) is 11.0 Å². The first-order chi connectivity index (χ1) is 7.67. The number of hydrogen-bond acceptors (Lipinski definition) is 2. The summed E-state index contributed by atoms with van der Waals surface area (Å²) in [5.74, 6) is 0.0999. The summed E-state index contributed by atoms with van der Waals surface area (Å²) in [5, 5.41) is 0. The molecule has 0 heterocycles. The highest BCUT2D eigenvalue weighted by Gasteiger charge is 1.99. The molecule has 0 aliphatic heterocycles. The van der Waals surface area contributed by atoms with Gasteiger partial charge in [-0.05, 0) is 30.8 Å². The Balaban J connectivity index is 2.75. The third-order valence-electron chi connectivity index (χ3n) is 2.09. The largest absolute Gasteiger partial charge is 0.295 e. The van der Waals surface area contributed by atoms with Crippen LogP contribution in [-0.2, 0) is 15.8 Å². The maximum absolute atomic E-state index is 11.4. The molecule has 0 aliphatic rings. The fraction of sp³-hybridized carbons (Fsp3) is 0.250. The van der Waals surface area contributed by atoms with Gasteiger partial charge in [0.25, 0.3) is 0 Å². The highest BCUT2D eigenvalue weighted by molar-refractivity contribution is 7.83. The molecule has 0 saturated heterocycles. The van der Waals surface area contributed by atoms with Crippen molar-refractivity contribution >= 4 is 22.8 Å². The second-order valence-corrected chi connectivity index (χ2v) is 4.61. The van der Waals surface area contributed by atoms with Crippen LogP contribution >= 0.6 is 0 Å². The predicted molar refractivity (Wildman–Crippen MR) is 66.2 cm³/mol. The van der Waals surface area contributed by atoms with E-state index in [1.54, 1.807) is 31.3 Å². The van der Waals surface area contributed by atoms with Crippen molar-refractivity contribution in [1.82, 2.24) is 4.72 Å². The smallest absolute Gasteiger partial charge is 0.155 e. The normalized spacial score (nSPS) is 12.9. The summed E-state index contributed by atoms with van der Waals surface area (Å²) < 4.78 is 14.0. The summed E-state index contributed by atoms with van der Waals surface area (Å²) in [6.45, 7) is 1.83. The van der Waals surface area contributed by atoms with Crippen LogP contribution in [0.2, 0.25) is 0 Å². The number of nitrogens with one attached hydrogen (secondary N) is 1. The molecule has 0 spiro atoms. The van der Waals surface area contributed by atoms with Gasteiger partial charge in [-0.2, -0.15) is 0 Å². The first-order valence-corrected chi connectivity index (χ1v) is 6.22. The van der Waals surface area contributed by atoms with Crippen molar-refractivity contribution in [3.63, 3.8) is 0 Å². The van der Waals surface area contributed by atoms with Gasteiger partial charge in [0, 0.05) is 6.42 Å². The lowest BCUT2D eigenvalue weighted by Gasteiger charge is -1.99. The minimum absolute atomic E-state index is 0.0999. The maximum Gasteiger partial charge on any atom is 0.155 e. The topological polar surface area (TPSA) is 46.2 Å².